The molecule has 0 aromatic heterocycles. The van der Waals surface area contributed by atoms with Gasteiger partial charge in [-0.2, -0.15) is 0 Å². The fourth-order valence-electron chi connectivity index (χ4n) is 4.83. The van der Waals surface area contributed by atoms with Crippen molar-refractivity contribution in [3.05, 3.63) is 42.7 Å². The highest BCUT2D eigenvalue weighted by atomic mass is 19.1. The Labute approximate surface area is 156 Å². The van der Waals surface area contributed by atoms with E-state index in [1.54, 1.807) is 0 Å². The summed E-state index contributed by atoms with van der Waals surface area (Å²) in [5.74, 6) is 2.50. The predicted molar refractivity (Wildman–Crippen MR) is 102 cm³/mol. The van der Waals surface area contributed by atoms with E-state index in [1.165, 1.54) is 56.4 Å². The summed E-state index contributed by atoms with van der Waals surface area (Å²) in [6.07, 6.45) is 14.1. The van der Waals surface area contributed by atoms with Gasteiger partial charge in [0.1, 0.15) is 11.6 Å². The number of hydrogen-bond donors (Lipinski definition) is 0. The Morgan fingerprint density at radius 1 is 1.00 bits per heavy atom. The number of benzene rings is 1. The minimum absolute atomic E-state index is 0.000216. The standard InChI is InChI=1S/C23H31FO2/c1-2-3-4-17-5-7-18(8-6-17)19-9-11-20(12-10-19)23(25)26-22-15-13-21(24)14-16-22/h2,13-20H,1,3-12H2/t17-,18-,19-,20-. The molecule has 142 valence electrons. The molecule has 0 N–H and O–H groups in total. The number of rotatable bonds is 6. The van der Waals surface area contributed by atoms with Gasteiger partial charge in [0.15, 0.2) is 0 Å². The van der Waals surface area contributed by atoms with Gasteiger partial charge in [-0.15, -0.1) is 6.58 Å². The molecule has 2 saturated carbocycles. The van der Waals surface area contributed by atoms with Crippen LogP contribution in [0.25, 0.3) is 0 Å². The number of carbonyl (C=O) groups excluding carboxylic acids is 1. The third-order valence-corrected chi connectivity index (χ3v) is 6.47. The topological polar surface area (TPSA) is 26.3 Å². The maximum Gasteiger partial charge on any atom is 0.314 e. The minimum atomic E-state index is -0.315. The number of hydrogen-bond acceptors (Lipinski definition) is 2. The second kappa shape index (κ2) is 9.34. The predicted octanol–water partition coefficient (Wildman–Crippen LogP) is 6.31. The van der Waals surface area contributed by atoms with Crippen molar-refractivity contribution in [3.63, 3.8) is 0 Å². The maximum atomic E-state index is 12.9. The average Bonchev–Trinajstić information content (AvgIpc) is 2.68. The monoisotopic (exact) mass is 358 g/mol. The van der Waals surface area contributed by atoms with Crippen molar-refractivity contribution in [2.75, 3.05) is 0 Å². The van der Waals surface area contributed by atoms with Gasteiger partial charge in [-0.1, -0.05) is 18.9 Å². The van der Waals surface area contributed by atoms with Crippen LogP contribution in [0.3, 0.4) is 0 Å². The highest BCUT2D eigenvalue weighted by Gasteiger charge is 2.33. The summed E-state index contributed by atoms with van der Waals surface area (Å²) in [7, 11) is 0. The van der Waals surface area contributed by atoms with E-state index in [-0.39, 0.29) is 17.7 Å². The van der Waals surface area contributed by atoms with Gasteiger partial charge in [0.2, 0.25) is 0 Å². The molecule has 0 atom stereocenters. The lowest BCUT2D eigenvalue weighted by Gasteiger charge is -2.37. The summed E-state index contributed by atoms with van der Waals surface area (Å²) < 4.78 is 18.4. The first-order valence-electron chi connectivity index (χ1n) is 10.2. The van der Waals surface area contributed by atoms with Crippen LogP contribution in [-0.2, 0) is 4.79 Å². The van der Waals surface area contributed by atoms with Gasteiger partial charge < -0.3 is 4.74 Å². The maximum absolute atomic E-state index is 12.9. The molecule has 3 rings (SSSR count). The molecule has 1 aromatic rings. The van der Waals surface area contributed by atoms with Crippen molar-refractivity contribution in [1.29, 1.82) is 0 Å². The molecule has 0 spiro atoms. The number of ether oxygens (including phenoxy) is 1. The number of esters is 1. The largest absolute Gasteiger partial charge is 0.426 e. The van der Waals surface area contributed by atoms with Crippen LogP contribution in [0.2, 0.25) is 0 Å². The van der Waals surface area contributed by atoms with Crippen LogP contribution >= 0.6 is 0 Å². The third-order valence-electron chi connectivity index (χ3n) is 6.47. The molecule has 2 fully saturated rings. The molecular weight excluding hydrogens is 327 g/mol. The van der Waals surface area contributed by atoms with E-state index in [0.717, 1.165) is 49.9 Å². The van der Waals surface area contributed by atoms with E-state index >= 15 is 0 Å². The first kappa shape index (κ1) is 19.1. The van der Waals surface area contributed by atoms with Gasteiger partial charge in [-0.25, -0.2) is 4.39 Å². The fourth-order valence-corrected chi connectivity index (χ4v) is 4.83. The molecule has 0 bridgehead atoms. The quantitative estimate of drug-likeness (QED) is 0.338. The molecule has 2 aliphatic rings. The van der Waals surface area contributed by atoms with Gasteiger partial charge >= 0.3 is 5.97 Å². The summed E-state index contributed by atoms with van der Waals surface area (Å²) >= 11 is 0. The van der Waals surface area contributed by atoms with Crippen LogP contribution in [0.5, 0.6) is 5.75 Å². The van der Waals surface area contributed by atoms with Crippen molar-refractivity contribution in [1.82, 2.24) is 0 Å². The summed E-state index contributed by atoms with van der Waals surface area (Å²) in [6.45, 7) is 3.83. The molecule has 0 saturated heterocycles. The SMILES string of the molecule is C=CCC[C@H]1CC[C@H]([C@H]2CC[C@H](C(=O)Oc3ccc(F)cc3)CC2)CC1. The summed E-state index contributed by atoms with van der Waals surface area (Å²) in [5.41, 5.74) is 0. The highest BCUT2D eigenvalue weighted by molar-refractivity contribution is 5.75. The number of halogens is 1. The van der Waals surface area contributed by atoms with Crippen LogP contribution in [0, 0.1) is 29.5 Å². The van der Waals surface area contributed by atoms with Gasteiger partial charge in [-0.3, -0.25) is 4.79 Å². The lowest BCUT2D eigenvalue weighted by atomic mass is 9.69. The Morgan fingerprint density at radius 3 is 2.15 bits per heavy atom. The van der Waals surface area contributed by atoms with Crippen LogP contribution < -0.4 is 4.74 Å². The van der Waals surface area contributed by atoms with Crippen LogP contribution in [0.4, 0.5) is 4.39 Å². The zero-order valence-corrected chi connectivity index (χ0v) is 15.7. The van der Waals surface area contributed by atoms with Crippen molar-refractivity contribution in [3.8, 4) is 5.75 Å². The number of allylic oxidation sites excluding steroid dienone is 1. The van der Waals surface area contributed by atoms with Crippen molar-refractivity contribution < 1.29 is 13.9 Å². The molecule has 1 aromatic carbocycles. The smallest absolute Gasteiger partial charge is 0.314 e. The van der Waals surface area contributed by atoms with Gasteiger partial charge in [0.05, 0.1) is 5.92 Å². The second-order valence-electron chi connectivity index (χ2n) is 8.13. The van der Waals surface area contributed by atoms with E-state index < -0.39 is 0 Å². The molecule has 0 amide bonds. The third kappa shape index (κ3) is 5.18. The minimum Gasteiger partial charge on any atom is -0.426 e. The highest BCUT2D eigenvalue weighted by Crippen LogP contribution is 2.42. The average molecular weight is 358 g/mol. The molecule has 26 heavy (non-hydrogen) atoms. The van der Waals surface area contributed by atoms with Crippen molar-refractivity contribution in [2.24, 2.45) is 23.7 Å². The van der Waals surface area contributed by atoms with Crippen LogP contribution in [-0.4, -0.2) is 5.97 Å². The first-order chi connectivity index (χ1) is 12.7. The van der Waals surface area contributed by atoms with E-state index in [0.29, 0.717) is 5.75 Å². The molecule has 2 nitrogen and oxygen atoms in total. The Hall–Kier alpha value is -1.64. The Balaban J connectivity index is 1.40. The Bertz CT molecular complexity index is 579. The lowest BCUT2D eigenvalue weighted by molar-refractivity contribution is -0.140. The van der Waals surface area contributed by atoms with Crippen LogP contribution in [0.1, 0.15) is 64.2 Å². The summed E-state index contributed by atoms with van der Waals surface area (Å²) in [6, 6.07) is 5.68. The molecule has 0 heterocycles. The molecule has 0 aliphatic heterocycles. The van der Waals surface area contributed by atoms with Crippen molar-refractivity contribution >= 4 is 5.97 Å². The van der Waals surface area contributed by atoms with E-state index in [2.05, 4.69) is 6.58 Å². The second-order valence-corrected chi connectivity index (χ2v) is 8.13. The first-order valence-corrected chi connectivity index (χ1v) is 10.2. The molecule has 0 unspecified atom stereocenters. The van der Waals surface area contributed by atoms with E-state index in [4.69, 9.17) is 4.74 Å². The molecule has 2 aliphatic carbocycles. The van der Waals surface area contributed by atoms with Crippen LogP contribution in [0.15, 0.2) is 36.9 Å². The Morgan fingerprint density at radius 2 is 1.58 bits per heavy atom. The van der Waals surface area contributed by atoms with Gasteiger partial charge in [-0.05, 0) is 93.4 Å². The molecule has 0 radical (unpaired) electrons. The molecular formula is C23H31FO2. The zero-order valence-electron chi connectivity index (χ0n) is 15.7. The Kier molecular flexibility index (Phi) is 6.87. The lowest BCUT2D eigenvalue weighted by Crippen LogP contribution is -2.30. The van der Waals surface area contributed by atoms with E-state index in [9.17, 15) is 9.18 Å². The van der Waals surface area contributed by atoms with Gasteiger partial charge in [0.25, 0.3) is 0 Å². The fraction of sp³-hybridized carbons (Fsp3) is 0.609. The molecule has 3 heteroatoms. The van der Waals surface area contributed by atoms with E-state index in [1.807, 2.05) is 6.08 Å². The summed E-state index contributed by atoms with van der Waals surface area (Å²) in [5, 5.41) is 0. The summed E-state index contributed by atoms with van der Waals surface area (Å²) in [4.78, 5) is 12.4. The van der Waals surface area contributed by atoms with Gasteiger partial charge in [0, 0.05) is 0 Å². The number of carbonyl (C=O) groups is 1. The normalized spacial score (nSPS) is 29.1. The zero-order chi connectivity index (χ0) is 18.4. The van der Waals surface area contributed by atoms with Crippen molar-refractivity contribution in [2.45, 2.75) is 64.2 Å².